The maximum atomic E-state index is 5.77. The van der Waals surface area contributed by atoms with Crippen LogP contribution in [0.2, 0.25) is 5.15 Å². The van der Waals surface area contributed by atoms with Gasteiger partial charge in [-0.2, -0.15) is 0 Å². The number of nitrogens with zero attached hydrogens (tertiary/aromatic N) is 1. The molecule has 1 aliphatic heterocycles. The number of nitrogens with two attached hydrogens (primary N) is 1. The Bertz CT molecular complexity index is 296. The predicted octanol–water partition coefficient (Wildman–Crippen LogP) is 1.35. The van der Waals surface area contributed by atoms with Gasteiger partial charge in [0.15, 0.2) is 0 Å². The van der Waals surface area contributed by atoms with Gasteiger partial charge in [-0.15, -0.1) is 0 Å². The van der Waals surface area contributed by atoms with Crippen LogP contribution in [0.4, 0.5) is 5.69 Å². The SMILES string of the molecule is Nc1cc(Cl)ncc1[C@@H]1CCN1. The van der Waals surface area contributed by atoms with E-state index in [1.807, 2.05) is 0 Å². The molecule has 0 amide bonds. The Labute approximate surface area is 75.9 Å². The lowest BCUT2D eigenvalue weighted by Gasteiger charge is -2.28. The normalized spacial score (nSPS) is 21.9. The van der Waals surface area contributed by atoms with Gasteiger partial charge in [-0.1, -0.05) is 11.6 Å². The van der Waals surface area contributed by atoms with Crippen molar-refractivity contribution in [2.24, 2.45) is 0 Å². The molecular formula is C8H10ClN3. The first-order valence-electron chi connectivity index (χ1n) is 3.91. The van der Waals surface area contributed by atoms with Crippen molar-refractivity contribution in [3.63, 3.8) is 0 Å². The van der Waals surface area contributed by atoms with Crippen molar-refractivity contribution < 1.29 is 0 Å². The second-order valence-corrected chi connectivity index (χ2v) is 3.32. The molecule has 4 heteroatoms. The lowest BCUT2D eigenvalue weighted by molar-refractivity contribution is 0.383. The fourth-order valence-corrected chi connectivity index (χ4v) is 1.47. The Hall–Kier alpha value is -0.800. The van der Waals surface area contributed by atoms with Crippen LogP contribution in [0.25, 0.3) is 0 Å². The van der Waals surface area contributed by atoms with E-state index in [0.717, 1.165) is 24.2 Å². The van der Waals surface area contributed by atoms with Gasteiger partial charge in [0, 0.05) is 23.5 Å². The molecule has 1 saturated heterocycles. The maximum absolute atomic E-state index is 5.77. The quantitative estimate of drug-likeness (QED) is 0.647. The molecule has 1 aromatic rings. The minimum Gasteiger partial charge on any atom is -0.398 e. The lowest BCUT2D eigenvalue weighted by atomic mass is 9.98. The molecule has 0 bridgehead atoms. The zero-order valence-electron chi connectivity index (χ0n) is 6.55. The number of rotatable bonds is 1. The lowest BCUT2D eigenvalue weighted by Crippen LogP contribution is -2.35. The summed E-state index contributed by atoms with van der Waals surface area (Å²) in [5.41, 5.74) is 7.56. The first-order valence-corrected chi connectivity index (χ1v) is 4.29. The third-order valence-corrected chi connectivity index (χ3v) is 2.34. The minimum absolute atomic E-state index is 0.384. The summed E-state index contributed by atoms with van der Waals surface area (Å²) in [5.74, 6) is 0. The van der Waals surface area contributed by atoms with Crippen molar-refractivity contribution in [2.45, 2.75) is 12.5 Å². The fourth-order valence-electron chi connectivity index (χ4n) is 1.30. The van der Waals surface area contributed by atoms with Crippen molar-refractivity contribution in [2.75, 3.05) is 12.3 Å². The van der Waals surface area contributed by atoms with Gasteiger partial charge in [0.25, 0.3) is 0 Å². The molecule has 2 rings (SSSR count). The molecule has 2 heterocycles. The molecule has 3 nitrogen and oxygen atoms in total. The van der Waals surface area contributed by atoms with Gasteiger partial charge in [-0.25, -0.2) is 4.98 Å². The summed E-state index contributed by atoms with van der Waals surface area (Å²) < 4.78 is 0. The number of pyridine rings is 1. The van der Waals surface area contributed by atoms with Gasteiger partial charge < -0.3 is 11.1 Å². The van der Waals surface area contributed by atoms with Crippen LogP contribution < -0.4 is 11.1 Å². The Morgan fingerprint density at radius 2 is 2.42 bits per heavy atom. The second-order valence-electron chi connectivity index (χ2n) is 2.93. The van der Waals surface area contributed by atoms with E-state index in [9.17, 15) is 0 Å². The van der Waals surface area contributed by atoms with Crippen LogP contribution in [0.3, 0.4) is 0 Å². The summed E-state index contributed by atoms with van der Waals surface area (Å²) in [4.78, 5) is 3.99. The Morgan fingerprint density at radius 3 is 2.92 bits per heavy atom. The maximum Gasteiger partial charge on any atom is 0.131 e. The molecule has 1 atom stereocenters. The van der Waals surface area contributed by atoms with Crippen LogP contribution in [0, 0.1) is 0 Å². The van der Waals surface area contributed by atoms with Crippen molar-refractivity contribution in [1.82, 2.24) is 10.3 Å². The average Bonchev–Trinajstić information content (AvgIpc) is 1.91. The van der Waals surface area contributed by atoms with Gasteiger partial charge >= 0.3 is 0 Å². The average molecular weight is 184 g/mol. The van der Waals surface area contributed by atoms with E-state index in [1.165, 1.54) is 0 Å². The van der Waals surface area contributed by atoms with E-state index in [4.69, 9.17) is 17.3 Å². The summed E-state index contributed by atoms with van der Waals surface area (Å²) in [6.07, 6.45) is 2.88. The van der Waals surface area contributed by atoms with Crippen LogP contribution in [-0.4, -0.2) is 11.5 Å². The number of hydrogen-bond acceptors (Lipinski definition) is 3. The zero-order chi connectivity index (χ0) is 8.55. The number of hydrogen-bond donors (Lipinski definition) is 2. The highest BCUT2D eigenvalue weighted by atomic mass is 35.5. The van der Waals surface area contributed by atoms with Crippen molar-refractivity contribution in [3.05, 3.63) is 23.0 Å². The van der Waals surface area contributed by atoms with E-state index in [0.29, 0.717) is 11.2 Å². The number of aromatic nitrogens is 1. The third kappa shape index (κ3) is 1.26. The number of nitrogen functional groups attached to an aromatic ring is 1. The summed E-state index contributed by atoms with van der Waals surface area (Å²) in [5, 5.41) is 3.71. The summed E-state index contributed by atoms with van der Waals surface area (Å²) in [6, 6.07) is 2.08. The first-order chi connectivity index (χ1) is 5.77. The smallest absolute Gasteiger partial charge is 0.131 e. The molecule has 0 spiro atoms. The second kappa shape index (κ2) is 2.92. The van der Waals surface area contributed by atoms with Crippen LogP contribution >= 0.6 is 11.6 Å². The molecule has 3 N–H and O–H groups in total. The fraction of sp³-hybridized carbons (Fsp3) is 0.375. The summed E-state index contributed by atoms with van der Waals surface area (Å²) in [6.45, 7) is 1.06. The van der Waals surface area contributed by atoms with E-state index in [2.05, 4.69) is 10.3 Å². The number of halogens is 1. The van der Waals surface area contributed by atoms with E-state index in [1.54, 1.807) is 12.3 Å². The standard InChI is InChI=1S/C8H10ClN3/c9-8-3-6(10)5(4-12-8)7-1-2-11-7/h3-4,7,11H,1-2H2,(H2,10,12)/t7-/m0/s1. The first kappa shape index (κ1) is 7.83. The van der Waals surface area contributed by atoms with Gasteiger partial charge in [-0.3, -0.25) is 0 Å². The van der Waals surface area contributed by atoms with E-state index in [-0.39, 0.29) is 0 Å². The molecule has 0 aliphatic carbocycles. The Balaban J connectivity index is 2.31. The van der Waals surface area contributed by atoms with Crippen molar-refractivity contribution >= 4 is 17.3 Å². The molecule has 0 saturated carbocycles. The van der Waals surface area contributed by atoms with E-state index >= 15 is 0 Å². The molecular weight excluding hydrogens is 174 g/mol. The Morgan fingerprint density at radius 1 is 1.67 bits per heavy atom. The third-order valence-electron chi connectivity index (χ3n) is 2.13. The molecule has 1 fully saturated rings. The van der Waals surface area contributed by atoms with Gasteiger partial charge in [0.1, 0.15) is 5.15 Å². The molecule has 0 aromatic carbocycles. The van der Waals surface area contributed by atoms with Crippen LogP contribution in [-0.2, 0) is 0 Å². The summed E-state index contributed by atoms with van der Waals surface area (Å²) in [7, 11) is 0. The van der Waals surface area contributed by atoms with Crippen LogP contribution in [0.5, 0.6) is 0 Å². The van der Waals surface area contributed by atoms with Gasteiger partial charge in [0.05, 0.1) is 0 Å². The molecule has 0 radical (unpaired) electrons. The highest BCUT2D eigenvalue weighted by Gasteiger charge is 2.20. The van der Waals surface area contributed by atoms with Gasteiger partial charge in [0.2, 0.25) is 0 Å². The van der Waals surface area contributed by atoms with E-state index < -0.39 is 0 Å². The topological polar surface area (TPSA) is 50.9 Å². The monoisotopic (exact) mass is 183 g/mol. The van der Waals surface area contributed by atoms with Crippen molar-refractivity contribution in [1.29, 1.82) is 0 Å². The molecule has 64 valence electrons. The molecule has 12 heavy (non-hydrogen) atoms. The minimum atomic E-state index is 0.384. The Kier molecular flexibility index (Phi) is 1.90. The molecule has 0 unspecified atom stereocenters. The van der Waals surface area contributed by atoms with Crippen LogP contribution in [0.1, 0.15) is 18.0 Å². The predicted molar refractivity (Wildman–Crippen MR) is 49.0 cm³/mol. The highest BCUT2D eigenvalue weighted by molar-refractivity contribution is 6.29. The number of nitrogens with one attached hydrogen (secondary N) is 1. The highest BCUT2D eigenvalue weighted by Crippen LogP contribution is 2.27. The van der Waals surface area contributed by atoms with Crippen molar-refractivity contribution in [3.8, 4) is 0 Å². The summed E-state index contributed by atoms with van der Waals surface area (Å²) >= 11 is 5.67. The largest absolute Gasteiger partial charge is 0.398 e. The van der Waals surface area contributed by atoms with Crippen LogP contribution in [0.15, 0.2) is 12.3 Å². The van der Waals surface area contributed by atoms with Gasteiger partial charge in [-0.05, 0) is 19.0 Å². The zero-order valence-corrected chi connectivity index (χ0v) is 7.30. The number of anilines is 1. The molecule has 1 aromatic heterocycles. The molecule has 1 aliphatic rings.